The fourth-order valence-electron chi connectivity index (χ4n) is 4.90. The Bertz CT molecular complexity index is 1370. The number of allylic oxidation sites excluding steroid dienone is 1. The first-order chi connectivity index (χ1) is 18.3. The van der Waals surface area contributed by atoms with Crippen molar-refractivity contribution in [1.29, 1.82) is 0 Å². The van der Waals surface area contributed by atoms with Gasteiger partial charge >= 0.3 is 0 Å². The quantitative estimate of drug-likeness (QED) is 0.417. The highest BCUT2D eigenvalue weighted by Crippen LogP contribution is 2.35. The largest absolute Gasteiger partial charge is 0.381 e. The molecule has 0 fully saturated rings. The van der Waals surface area contributed by atoms with Crippen LogP contribution >= 0.6 is 11.6 Å². The van der Waals surface area contributed by atoms with Crippen LogP contribution in [0, 0.1) is 11.6 Å². The fourth-order valence-corrected chi connectivity index (χ4v) is 5.02. The van der Waals surface area contributed by atoms with Gasteiger partial charge < -0.3 is 15.0 Å². The maximum Gasteiger partial charge on any atom is 0.137 e. The SMILES string of the molecule is CCN(Cc1ccc(Cl)cc1)C1=CC2=CN([C@H](C)[C@](O)(Cn3cncn3)c3ccc(F)cc3F)NC2C=C1. The van der Waals surface area contributed by atoms with E-state index in [1.54, 1.807) is 11.9 Å². The summed E-state index contributed by atoms with van der Waals surface area (Å²) < 4.78 is 30.1. The molecule has 10 heteroatoms. The van der Waals surface area contributed by atoms with Crippen LogP contribution in [0.4, 0.5) is 8.78 Å². The number of benzene rings is 2. The molecule has 2 aliphatic rings. The van der Waals surface area contributed by atoms with Gasteiger partial charge in [0.05, 0.1) is 18.6 Å². The highest BCUT2D eigenvalue weighted by Gasteiger charge is 2.43. The van der Waals surface area contributed by atoms with Gasteiger partial charge in [0, 0.05) is 41.6 Å². The second-order valence-electron chi connectivity index (χ2n) is 9.53. The summed E-state index contributed by atoms with van der Waals surface area (Å²) in [4.78, 5) is 6.20. The van der Waals surface area contributed by atoms with Crippen molar-refractivity contribution in [3.05, 3.63) is 119 Å². The second kappa shape index (κ2) is 10.7. The maximum atomic E-state index is 15.0. The Morgan fingerprint density at radius 2 is 2.00 bits per heavy atom. The zero-order valence-electron chi connectivity index (χ0n) is 21.1. The minimum Gasteiger partial charge on any atom is -0.381 e. The van der Waals surface area contributed by atoms with Gasteiger partial charge in [-0.25, -0.2) is 23.9 Å². The van der Waals surface area contributed by atoms with Crippen molar-refractivity contribution in [3.63, 3.8) is 0 Å². The number of fused-ring (bicyclic) bond motifs is 1. The van der Waals surface area contributed by atoms with Crippen molar-refractivity contribution >= 4 is 11.6 Å². The molecule has 5 rings (SSSR count). The number of hydrogen-bond acceptors (Lipinski definition) is 6. The molecule has 0 radical (unpaired) electrons. The van der Waals surface area contributed by atoms with Crippen LogP contribution in [-0.4, -0.2) is 48.4 Å². The van der Waals surface area contributed by atoms with Crippen LogP contribution in [0.15, 0.2) is 90.8 Å². The lowest BCUT2D eigenvalue weighted by molar-refractivity contribution is -0.0613. The Kier molecular flexibility index (Phi) is 7.34. The standard InChI is InChI=1S/C28H29ClF2N6O/c1-3-35(14-20-4-6-22(29)7-5-20)24-9-11-27-21(12-24)15-37(34-27)19(2)28(38,16-36-18-32-17-33-36)25-10-8-23(30)13-26(25)31/h4-13,15,17-19,27,34,38H,3,14,16H2,1-2H3/t19-,27?,28-/m1/s1. The molecule has 2 heterocycles. The molecule has 0 amide bonds. The Labute approximate surface area is 225 Å². The van der Waals surface area contributed by atoms with Crippen molar-refractivity contribution < 1.29 is 13.9 Å². The summed E-state index contributed by atoms with van der Waals surface area (Å²) in [5.74, 6) is -1.54. The minimum absolute atomic E-state index is 0.0242. The van der Waals surface area contributed by atoms with Gasteiger partial charge in [-0.3, -0.25) is 0 Å². The van der Waals surface area contributed by atoms with Crippen molar-refractivity contribution in [1.82, 2.24) is 30.1 Å². The second-order valence-corrected chi connectivity index (χ2v) is 9.97. The fraction of sp³-hybridized carbons (Fsp3) is 0.286. The van der Waals surface area contributed by atoms with E-state index in [4.69, 9.17) is 11.6 Å². The van der Waals surface area contributed by atoms with E-state index in [-0.39, 0.29) is 18.2 Å². The molecule has 2 N–H and O–H groups in total. The lowest BCUT2D eigenvalue weighted by Gasteiger charge is -2.40. The molecule has 3 aromatic rings. The number of likely N-dealkylation sites (N-methyl/N-ethyl adjacent to an activating group) is 1. The average molecular weight is 539 g/mol. The van der Waals surface area contributed by atoms with Crippen LogP contribution in [0.5, 0.6) is 0 Å². The Morgan fingerprint density at radius 3 is 2.68 bits per heavy atom. The van der Waals surface area contributed by atoms with E-state index in [1.807, 2.05) is 30.5 Å². The van der Waals surface area contributed by atoms with E-state index in [1.165, 1.54) is 23.4 Å². The number of hydrazine groups is 1. The number of halogens is 3. The van der Waals surface area contributed by atoms with Crippen LogP contribution in [0.3, 0.4) is 0 Å². The third kappa shape index (κ3) is 5.22. The van der Waals surface area contributed by atoms with Crippen LogP contribution in [-0.2, 0) is 18.7 Å². The monoisotopic (exact) mass is 538 g/mol. The highest BCUT2D eigenvalue weighted by molar-refractivity contribution is 6.30. The normalized spacial score (nSPS) is 19.0. The molecule has 7 nitrogen and oxygen atoms in total. The predicted octanol–water partition coefficient (Wildman–Crippen LogP) is 4.53. The lowest BCUT2D eigenvalue weighted by Crippen LogP contribution is -2.54. The number of nitrogens with one attached hydrogen (secondary N) is 1. The number of aliphatic hydroxyl groups is 1. The third-order valence-corrected chi connectivity index (χ3v) is 7.37. The molecule has 38 heavy (non-hydrogen) atoms. The summed E-state index contributed by atoms with van der Waals surface area (Å²) >= 11 is 6.04. The van der Waals surface area contributed by atoms with Gasteiger partial charge in [-0.15, -0.1) is 0 Å². The number of hydrogen-bond donors (Lipinski definition) is 2. The lowest BCUT2D eigenvalue weighted by atomic mass is 9.86. The molecule has 1 aliphatic carbocycles. The Hall–Kier alpha value is -3.53. The minimum atomic E-state index is -1.76. The van der Waals surface area contributed by atoms with Gasteiger partial charge in [-0.2, -0.15) is 5.10 Å². The van der Waals surface area contributed by atoms with E-state index in [0.717, 1.165) is 42.1 Å². The van der Waals surface area contributed by atoms with Crippen LogP contribution < -0.4 is 5.43 Å². The Balaban J connectivity index is 1.42. The summed E-state index contributed by atoms with van der Waals surface area (Å²) in [6.07, 6.45) is 11.0. The average Bonchev–Trinajstić information content (AvgIpc) is 3.57. The maximum absolute atomic E-state index is 15.0. The van der Waals surface area contributed by atoms with E-state index >= 15 is 0 Å². The van der Waals surface area contributed by atoms with Crippen molar-refractivity contribution in [3.8, 4) is 0 Å². The molecule has 0 saturated heterocycles. The third-order valence-electron chi connectivity index (χ3n) is 7.12. The van der Waals surface area contributed by atoms with Crippen molar-refractivity contribution in [2.75, 3.05) is 6.54 Å². The molecule has 0 saturated carbocycles. The summed E-state index contributed by atoms with van der Waals surface area (Å²) in [6, 6.07) is 10.2. The first-order valence-corrected chi connectivity index (χ1v) is 12.8. The molecule has 2 aromatic carbocycles. The molecular formula is C28H29ClF2N6O. The molecule has 3 atom stereocenters. The first kappa shape index (κ1) is 26.1. The van der Waals surface area contributed by atoms with E-state index in [2.05, 4.69) is 45.6 Å². The summed E-state index contributed by atoms with van der Waals surface area (Å²) in [6.45, 7) is 5.36. The Morgan fingerprint density at radius 1 is 1.21 bits per heavy atom. The van der Waals surface area contributed by atoms with Gasteiger partial charge in [-0.05, 0) is 55.3 Å². The molecule has 0 spiro atoms. The summed E-state index contributed by atoms with van der Waals surface area (Å²) in [5.41, 5.74) is 4.82. The molecule has 198 valence electrons. The molecule has 1 unspecified atom stereocenters. The van der Waals surface area contributed by atoms with Gasteiger partial charge in [0.1, 0.15) is 29.9 Å². The van der Waals surface area contributed by atoms with Gasteiger partial charge in [0.2, 0.25) is 0 Å². The zero-order valence-corrected chi connectivity index (χ0v) is 21.9. The highest BCUT2D eigenvalue weighted by atomic mass is 35.5. The van der Waals surface area contributed by atoms with Crippen LogP contribution in [0.1, 0.15) is 25.0 Å². The zero-order chi connectivity index (χ0) is 26.9. The first-order valence-electron chi connectivity index (χ1n) is 12.4. The van der Waals surface area contributed by atoms with Gasteiger partial charge in [-0.1, -0.05) is 35.9 Å². The van der Waals surface area contributed by atoms with E-state index < -0.39 is 23.3 Å². The van der Waals surface area contributed by atoms with Crippen LogP contribution in [0.25, 0.3) is 0 Å². The van der Waals surface area contributed by atoms with Crippen molar-refractivity contribution in [2.24, 2.45) is 0 Å². The van der Waals surface area contributed by atoms with Crippen LogP contribution in [0.2, 0.25) is 5.02 Å². The van der Waals surface area contributed by atoms with Gasteiger partial charge in [0.15, 0.2) is 0 Å². The molecular weight excluding hydrogens is 510 g/mol. The number of nitrogens with zero attached hydrogens (tertiary/aromatic N) is 5. The molecule has 1 aromatic heterocycles. The summed E-state index contributed by atoms with van der Waals surface area (Å²) in [7, 11) is 0. The van der Waals surface area contributed by atoms with E-state index in [0.29, 0.717) is 5.02 Å². The predicted molar refractivity (Wildman–Crippen MR) is 141 cm³/mol. The molecule has 1 aliphatic heterocycles. The summed E-state index contributed by atoms with van der Waals surface area (Å²) in [5, 5.41) is 18.5. The number of rotatable bonds is 9. The smallest absolute Gasteiger partial charge is 0.137 e. The van der Waals surface area contributed by atoms with E-state index in [9.17, 15) is 13.9 Å². The van der Waals surface area contributed by atoms with Gasteiger partial charge in [0.25, 0.3) is 0 Å². The molecule has 0 bridgehead atoms. The van der Waals surface area contributed by atoms with Crippen molar-refractivity contribution in [2.45, 2.75) is 44.6 Å². The topological polar surface area (TPSA) is 69.5 Å². The number of aromatic nitrogens is 3.